The fraction of sp³-hybridized carbons (Fsp3) is 0.227. The number of amides is 2. The molecule has 2 amide bonds. The number of carbonyl (C=O) groups is 2. The molecule has 32 heavy (non-hydrogen) atoms. The molecule has 0 saturated heterocycles. The predicted octanol–water partition coefficient (Wildman–Crippen LogP) is 4.05. The molecule has 0 atom stereocenters. The number of carbonyl (C=O) groups excluding carboxylic acids is 2. The second-order valence-corrected chi connectivity index (χ2v) is 7.36. The van der Waals surface area contributed by atoms with Crippen LogP contribution in [-0.4, -0.2) is 41.9 Å². The highest BCUT2D eigenvalue weighted by Gasteiger charge is 2.21. The minimum absolute atomic E-state index is 0.0259. The number of nitrogens with one attached hydrogen (secondary N) is 2. The van der Waals surface area contributed by atoms with E-state index >= 15 is 0 Å². The molecule has 0 aliphatic carbocycles. The van der Waals surface area contributed by atoms with Crippen LogP contribution in [-0.2, 0) is 4.74 Å². The molecule has 0 bridgehead atoms. The van der Waals surface area contributed by atoms with Gasteiger partial charge >= 0.3 is 0 Å². The molecular formula is C22H21ClF2N4O3. The Kier molecular flexibility index (Phi) is 7.22. The highest BCUT2D eigenvalue weighted by molar-refractivity contribution is 6.34. The maximum atomic E-state index is 14.2. The van der Waals surface area contributed by atoms with Crippen LogP contribution in [0.4, 0.5) is 14.5 Å². The average molecular weight is 463 g/mol. The first-order chi connectivity index (χ1) is 15.2. The van der Waals surface area contributed by atoms with E-state index in [1.807, 2.05) is 0 Å². The largest absolute Gasteiger partial charge is 0.383 e. The van der Waals surface area contributed by atoms with Crippen molar-refractivity contribution in [3.8, 4) is 5.69 Å². The molecule has 1 heterocycles. The molecule has 0 aliphatic heterocycles. The Morgan fingerprint density at radius 3 is 2.53 bits per heavy atom. The van der Waals surface area contributed by atoms with Crippen LogP contribution in [0, 0.1) is 25.5 Å². The number of aromatic nitrogens is 2. The third-order valence-corrected chi connectivity index (χ3v) is 5.03. The highest BCUT2D eigenvalue weighted by Crippen LogP contribution is 2.24. The van der Waals surface area contributed by atoms with Crippen LogP contribution in [0.1, 0.15) is 32.1 Å². The van der Waals surface area contributed by atoms with E-state index in [4.69, 9.17) is 16.3 Å². The van der Waals surface area contributed by atoms with Crippen molar-refractivity contribution in [2.75, 3.05) is 25.6 Å². The molecule has 168 valence electrons. The van der Waals surface area contributed by atoms with Crippen molar-refractivity contribution in [3.05, 3.63) is 75.6 Å². The zero-order valence-corrected chi connectivity index (χ0v) is 18.4. The second-order valence-electron chi connectivity index (χ2n) is 6.95. The third kappa shape index (κ3) is 4.95. The number of methoxy groups -OCH3 is 1. The van der Waals surface area contributed by atoms with Gasteiger partial charge in [0.2, 0.25) is 0 Å². The monoisotopic (exact) mass is 462 g/mol. The second kappa shape index (κ2) is 9.88. The minimum atomic E-state index is -0.797. The first kappa shape index (κ1) is 23.4. The van der Waals surface area contributed by atoms with Crippen LogP contribution < -0.4 is 10.6 Å². The predicted molar refractivity (Wildman–Crippen MR) is 117 cm³/mol. The molecule has 2 aromatic carbocycles. The molecule has 0 spiro atoms. The van der Waals surface area contributed by atoms with Gasteiger partial charge in [-0.25, -0.2) is 13.5 Å². The van der Waals surface area contributed by atoms with Crippen molar-refractivity contribution in [2.24, 2.45) is 0 Å². The van der Waals surface area contributed by atoms with Crippen molar-refractivity contribution in [1.82, 2.24) is 15.1 Å². The van der Waals surface area contributed by atoms with Gasteiger partial charge in [0.1, 0.15) is 11.5 Å². The van der Waals surface area contributed by atoms with E-state index < -0.39 is 17.5 Å². The number of rotatable bonds is 7. The summed E-state index contributed by atoms with van der Waals surface area (Å²) in [4.78, 5) is 25.1. The van der Waals surface area contributed by atoms with Crippen LogP contribution in [0.15, 0.2) is 36.4 Å². The summed E-state index contributed by atoms with van der Waals surface area (Å²) in [5, 5.41) is 9.76. The van der Waals surface area contributed by atoms with Crippen molar-refractivity contribution in [2.45, 2.75) is 13.8 Å². The number of ether oxygens (including phenoxy) is 1. The molecule has 0 fully saturated rings. The van der Waals surface area contributed by atoms with Crippen molar-refractivity contribution < 1.29 is 23.1 Å². The first-order valence-corrected chi connectivity index (χ1v) is 10.0. The van der Waals surface area contributed by atoms with Crippen LogP contribution in [0.2, 0.25) is 5.02 Å². The van der Waals surface area contributed by atoms with Gasteiger partial charge in [-0.05, 0) is 44.2 Å². The van der Waals surface area contributed by atoms with Gasteiger partial charge in [0.05, 0.1) is 34.1 Å². The fourth-order valence-electron chi connectivity index (χ4n) is 3.19. The third-order valence-electron chi connectivity index (χ3n) is 4.72. The zero-order chi connectivity index (χ0) is 23.4. The van der Waals surface area contributed by atoms with Gasteiger partial charge in [-0.2, -0.15) is 5.10 Å². The summed E-state index contributed by atoms with van der Waals surface area (Å²) >= 11 is 6.21. The Morgan fingerprint density at radius 2 is 1.88 bits per heavy atom. The van der Waals surface area contributed by atoms with E-state index in [1.165, 1.54) is 30.0 Å². The lowest BCUT2D eigenvalue weighted by Crippen LogP contribution is -2.27. The lowest BCUT2D eigenvalue weighted by atomic mass is 10.1. The van der Waals surface area contributed by atoms with E-state index in [2.05, 4.69) is 15.7 Å². The van der Waals surface area contributed by atoms with Gasteiger partial charge in [-0.15, -0.1) is 0 Å². The smallest absolute Gasteiger partial charge is 0.259 e. The number of nitrogens with zero attached hydrogens (tertiary/aromatic N) is 2. The van der Waals surface area contributed by atoms with Gasteiger partial charge in [0.25, 0.3) is 11.8 Å². The Hall–Kier alpha value is -3.30. The molecule has 3 aromatic rings. The summed E-state index contributed by atoms with van der Waals surface area (Å²) in [6.45, 7) is 3.92. The van der Waals surface area contributed by atoms with E-state index in [-0.39, 0.29) is 27.7 Å². The zero-order valence-electron chi connectivity index (χ0n) is 17.6. The topological polar surface area (TPSA) is 85.2 Å². The number of benzene rings is 2. The SMILES string of the molecule is COCCNC(=O)c1ccc(NC(=O)c2c(C)nn(-c3ccc(F)cc3F)c2C)cc1Cl. The van der Waals surface area contributed by atoms with Gasteiger partial charge in [0.15, 0.2) is 5.82 Å². The number of aryl methyl sites for hydroxylation is 1. The van der Waals surface area contributed by atoms with E-state index in [9.17, 15) is 18.4 Å². The van der Waals surface area contributed by atoms with E-state index in [0.717, 1.165) is 12.1 Å². The summed E-state index contributed by atoms with van der Waals surface area (Å²) in [6.07, 6.45) is 0. The first-order valence-electron chi connectivity index (χ1n) is 9.62. The van der Waals surface area contributed by atoms with Crippen LogP contribution in [0.5, 0.6) is 0 Å². The van der Waals surface area contributed by atoms with E-state index in [1.54, 1.807) is 19.9 Å². The molecule has 2 N–H and O–H groups in total. The molecular weight excluding hydrogens is 442 g/mol. The van der Waals surface area contributed by atoms with Crippen LogP contribution in [0.25, 0.3) is 5.69 Å². The summed E-state index contributed by atoms with van der Waals surface area (Å²) in [6, 6.07) is 7.62. The molecule has 0 saturated carbocycles. The lowest BCUT2D eigenvalue weighted by Gasteiger charge is -2.10. The number of anilines is 1. The molecule has 1 aromatic heterocycles. The molecule has 3 rings (SSSR count). The molecule has 0 radical (unpaired) electrons. The van der Waals surface area contributed by atoms with Gasteiger partial charge in [-0.3, -0.25) is 9.59 Å². The number of hydrogen-bond donors (Lipinski definition) is 2. The average Bonchev–Trinajstić information content (AvgIpc) is 3.02. The summed E-state index contributed by atoms with van der Waals surface area (Å²) in [7, 11) is 1.53. The summed E-state index contributed by atoms with van der Waals surface area (Å²) in [5.41, 5.74) is 1.64. The maximum absolute atomic E-state index is 14.2. The van der Waals surface area contributed by atoms with Crippen LogP contribution in [0.3, 0.4) is 0 Å². The molecule has 7 nitrogen and oxygen atoms in total. The highest BCUT2D eigenvalue weighted by atomic mass is 35.5. The van der Waals surface area contributed by atoms with Gasteiger partial charge in [0, 0.05) is 25.4 Å². The summed E-state index contributed by atoms with van der Waals surface area (Å²) < 4.78 is 33.6. The summed E-state index contributed by atoms with van der Waals surface area (Å²) in [5.74, 6) is -2.35. The van der Waals surface area contributed by atoms with Gasteiger partial charge < -0.3 is 15.4 Å². The van der Waals surface area contributed by atoms with Crippen molar-refractivity contribution in [3.63, 3.8) is 0 Å². The number of hydrogen-bond acceptors (Lipinski definition) is 4. The van der Waals surface area contributed by atoms with E-state index in [0.29, 0.717) is 30.2 Å². The molecule has 10 heteroatoms. The lowest BCUT2D eigenvalue weighted by molar-refractivity contribution is 0.0936. The quantitative estimate of drug-likeness (QED) is 0.519. The molecule has 0 unspecified atom stereocenters. The van der Waals surface area contributed by atoms with Gasteiger partial charge in [-0.1, -0.05) is 11.6 Å². The Bertz CT molecular complexity index is 1180. The molecule has 0 aliphatic rings. The maximum Gasteiger partial charge on any atom is 0.259 e. The number of halogens is 3. The Morgan fingerprint density at radius 1 is 1.12 bits per heavy atom. The van der Waals surface area contributed by atoms with Crippen molar-refractivity contribution >= 4 is 29.1 Å². The standard InChI is InChI=1S/C22H21ClF2N4O3/c1-12-20(13(2)29(28-12)19-7-4-14(24)10-18(19)25)22(31)27-15-5-6-16(17(23)11-15)21(30)26-8-9-32-3/h4-7,10-11H,8-9H2,1-3H3,(H,26,30)(H,27,31). The van der Waals surface area contributed by atoms with Crippen molar-refractivity contribution in [1.29, 1.82) is 0 Å². The van der Waals surface area contributed by atoms with Crippen LogP contribution >= 0.6 is 11.6 Å². The Labute approximate surface area is 188 Å². The Balaban J connectivity index is 1.81. The minimum Gasteiger partial charge on any atom is -0.383 e. The normalized spacial score (nSPS) is 10.8. The fourth-order valence-corrected chi connectivity index (χ4v) is 3.46.